The molecule has 5 rings (SSSR count). The van der Waals surface area contributed by atoms with E-state index in [9.17, 15) is 23.1 Å². The number of aryl methyl sites for hydroxylation is 2. The zero-order valence-corrected chi connectivity index (χ0v) is 28.7. The maximum Gasteiger partial charge on any atom is 0.407 e. The summed E-state index contributed by atoms with van der Waals surface area (Å²) in [4.78, 5) is 27.8. The van der Waals surface area contributed by atoms with E-state index in [2.05, 4.69) is 10.6 Å². The van der Waals surface area contributed by atoms with E-state index in [1.165, 1.54) is 13.3 Å². The first-order chi connectivity index (χ1) is 23.5. The number of carboxylic acid groups (broad SMARTS) is 1. The van der Waals surface area contributed by atoms with Gasteiger partial charge < -0.3 is 25.2 Å². The molecule has 49 heavy (non-hydrogen) atoms. The minimum Gasteiger partial charge on any atom is -0.491 e. The predicted molar refractivity (Wildman–Crippen MR) is 189 cm³/mol. The van der Waals surface area contributed by atoms with Crippen molar-refractivity contribution >= 4 is 27.5 Å². The summed E-state index contributed by atoms with van der Waals surface area (Å²) in [5, 5.41) is 16.5. The number of anilines is 1. The number of rotatable bonds is 13. The summed E-state index contributed by atoms with van der Waals surface area (Å²) in [7, 11) is -1.87. The molecule has 0 aliphatic carbocycles. The van der Waals surface area contributed by atoms with E-state index in [1.54, 1.807) is 18.2 Å². The van der Waals surface area contributed by atoms with E-state index in [0.717, 1.165) is 27.2 Å². The van der Waals surface area contributed by atoms with Crippen molar-refractivity contribution in [1.29, 1.82) is 0 Å². The second-order valence-electron chi connectivity index (χ2n) is 12.4. The number of carbonyl (C=O) groups excluding carboxylic acids is 1. The van der Waals surface area contributed by atoms with Gasteiger partial charge in [-0.25, -0.2) is 13.2 Å². The van der Waals surface area contributed by atoms with Crippen LogP contribution in [0.15, 0.2) is 108 Å². The van der Waals surface area contributed by atoms with Crippen molar-refractivity contribution in [2.45, 2.75) is 48.8 Å². The second-order valence-corrected chi connectivity index (χ2v) is 14.4. The maximum atomic E-state index is 14.1. The highest BCUT2D eigenvalue weighted by molar-refractivity contribution is 7.90. The number of ether oxygens (including phenoxy) is 2. The lowest BCUT2D eigenvalue weighted by Gasteiger charge is -2.33. The Bertz CT molecular complexity index is 1800. The van der Waals surface area contributed by atoms with Crippen LogP contribution in [0.25, 0.3) is 0 Å². The van der Waals surface area contributed by atoms with Crippen molar-refractivity contribution in [3.63, 3.8) is 0 Å². The molecule has 0 bridgehead atoms. The van der Waals surface area contributed by atoms with Gasteiger partial charge in [0, 0.05) is 38.0 Å². The zero-order chi connectivity index (χ0) is 35.0. The summed E-state index contributed by atoms with van der Waals surface area (Å²) in [6.07, 6.45) is 0.954. The lowest BCUT2D eigenvalue weighted by Crippen LogP contribution is -2.48. The third-order valence-corrected chi connectivity index (χ3v) is 9.87. The van der Waals surface area contributed by atoms with Crippen LogP contribution < -0.4 is 15.4 Å². The molecule has 1 aliphatic heterocycles. The zero-order valence-electron chi connectivity index (χ0n) is 27.9. The highest BCUT2D eigenvalue weighted by Crippen LogP contribution is 2.32. The second kappa shape index (κ2) is 16.1. The quantitative estimate of drug-likeness (QED) is 0.168. The monoisotopic (exact) mass is 685 g/mol. The Labute approximate surface area is 288 Å². The average molecular weight is 686 g/mol. The third kappa shape index (κ3) is 9.26. The molecule has 1 fully saturated rings. The first-order valence-electron chi connectivity index (χ1n) is 16.3. The number of sulfone groups is 1. The van der Waals surface area contributed by atoms with E-state index in [1.807, 2.05) is 91.9 Å². The molecule has 2 amide bonds. The Hall–Kier alpha value is -4.71. The Balaban J connectivity index is 1.26. The summed E-state index contributed by atoms with van der Waals surface area (Å²) < 4.78 is 36.1. The van der Waals surface area contributed by atoms with Gasteiger partial charge in [-0.05, 0) is 66.3 Å². The van der Waals surface area contributed by atoms with Crippen LogP contribution in [0.4, 0.5) is 10.5 Å². The van der Waals surface area contributed by atoms with Gasteiger partial charge in [0.05, 0.1) is 11.0 Å². The average Bonchev–Trinajstić information content (AvgIpc) is 3.09. The van der Waals surface area contributed by atoms with Crippen molar-refractivity contribution in [2.75, 3.05) is 38.3 Å². The fraction of sp³-hybridized carbons (Fsp3) is 0.316. The summed E-state index contributed by atoms with van der Waals surface area (Å²) in [6.45, 7) is 3.40. The number of nitrogens with zero attached hydrogens (tertiary/aromatic N) is 1. The van der Waals surface area contributed by atoms with Gasteiger partial charge in [0.15, 0.2) is 9.84 Å². The third-order valence-electron chi connectivity index (χ3n) is 8.76. The molecule has 1 saturated heterocycles. The lowest BCUT2D eigenvalue weighted by molar-refractivity contribution is -0.120. The van der Waals surface area contributed by atoms with E-state index in [4.69, 9.17) is 9.47 Å². The molecular formula is C38H43N3O7S. The molecule has 4 aromatic rings. The molecule has 1 heterocycles. The van der Waals surface area contributed by atoms with Crippen LogP contribution >= 0.6 is 0 Å². The van der Waals surface area contributed by atoms with Gasteiger partial charge in [-0.15, -0.1) is 0 Å². The number of hydrogen-bond donors (Lipinski definition) is 3. The van der Waals surface area contributed by atoms with E-state index >= 15 is 0 Å². The summed E-state index contributed by atoms with van der Waals surface area (Å²) in [6, 6.07) is 30.3. The molecule has 0 radical (unpaired) electrons. The maximum absolute atomic E-state index is 14.1. The molecule has 0 unspecified atom stereocenters. The van der Waals surface area contributed by atoms with E-state index in [-0.39, 0.29) is 17.1 Å². The van der Waals surface area contributed by atoms with Crippen molar-refractivity contribution < 1.29 is 32.6 Å². The molecule has 11 heteroatoms. The standard InChI is InChI=1S/C38H43N3O7S/c1-26-22-32(49(3,45)46)20-21-34(26)47-25-31-24-39-23-30(48-31)19-18-27-12-10-11-17-33(27)40-37(42)36(41(2)38(43)44)35(28-13-6-4-7-14-28)29-15-8-5-9-16-29/h4-17,20-22,30-31,35-36,39H,18-19,23-25H2,1-3H3,(H,40,42)(H,43,44)/t30-,31+,36+/m1/s1. The van der Waals surface area contributed by atoms with Crippen LogP contribution in [0.5, 0.6) is 5.75 Å². The Morgan fingerprint density at radius 2 is 1.55 bits per heavy atom. The van der Waals surface area contributed by atoms with E-state index < -0.39 is 33.8 Å². The van der Waals surface area contributed by atoms with Gasteiger partial charge in [-0.3, -0.25) is 9.69 Å². The van der Waals surface area contributed by atoms with Gasteiger partial charge in [0.2, 0.25) is 5.91 Å². The molecule has 0 spiro atoms. The van der Waals surface area contributed by atoms with Crippen LogP contribution in [-0.2, 0) is 25.8 Å². The normalized spacial score (nSPS) is 16.9. The molecule has 0 saturated carbocycles. The molecule has 3 N–H and O–H groups in total. The first-order valence-corrected chi connectivity index (χ1v) is 18.1. The molecular weight excluding hydrogens is 642 g/mol. The van der Waals surface area contributed by atoms with Crippen molar-refractivity contribution in [3.05, 3.63) is 125 Å². The number of morpholine rings is 1. The topological polar surface area (TPSA) is 134 Å². The molecule has 1 aliphatic rings. The fourth-order valence-corrected chi connectivity index (χ4v) is 6.88. The minimum atomic E-state index is -3.30. The summed E-state index contributed by atoms with van der Waals surface area (Å²) in [5.74, 6) is -0.364. The van der Waals surface area contributed by atoms with Crippen LogP contribution in [-0.4, -0.2) is 81.7 Å². The number of para-hydroxylation sites is 1. The van der Waals surface area contributed by atoms with Crippen LogP contribution in [0.3, 0.4) is 0 Å². The van der Waals surface area contributed by atoms with Gasteiger partial charge in [0.25, 0.3) is 0 Å². The van der Waals surface area contributed by atoms with E-state index in [0.29, 0.717) is 44.0 Å². The molecule has 0 aromatic heterocycles. The molecule has 4 aromatic carbocycles. The number of amides is 2. The first kappa shape index (κ1) is 35.6. The van der Waals surface area contributed by atoms with Crippen molar-refractivity contribution in [2.24, 2.45) is 0 Å². The Morgan fingerprint density at radius 1 is 0.939 bits per heavy atom. The fourth-order valence-electron chi connectivity index (χ4n) is 6.17. The molecule has 3 atom stereocenters. The van der Waals surface area contributed by atoms with Crippen LogP contribution in [0.1, 0.15) is 34.6 Å². The highest BCUT2D eigenvalue weighted by atomic mass is 32.2. The van der Waals surface area contributed by atoms with Gasteiger partial charge in [0.1, 0.15) is 24.5 Å². The van der Waals surface area contributed by atoms with Crippen molar-refractivity contribution in [1.82, 2.24) is 10.2 Å². The number of hydrogen-bond acceptors (Lipinski definition) is 7. The van der Waals surface area contributed by atoms with Crippen LogP contribution in [0, 0.1) is 6.92 Å². The number of likely N-dealkylation sites (N-methyl/N-ethyl adjacent to an activating group) is 1. The van der Waals surface area contributed by atoms with Crippen LogP contribution in [0.2, 0.25) is 0 Å². The summed E-state index contributed by atoms with van der Waals surface area (Å²) >= 11 is 0. The lowest BCUT2D eigenvalue weighted by atomic mass is 9.84. The summed E-state index contributed by atoms with van der Waals surface area (Å²) in [5.41, 5.74) is 3.92. The largest absolute Gasteiger partial charge is 0.491 e. The van der Waals surface area contributed by atoms with Gasteiger partial charge >= 0.3 is 6.09 Å². The highest BCUT2D eigenvalue weighted by Gasteiger charge is 2.37. The minimum absolute atomic E-state index is 0.105. The Morgan fingerprint density at radius 3 is 2.16 bits per heavy atom. The predicted octanol–water partition coefficient (Wildman–Crippen LogP) is 5.52. The molecule has 10 nitrogen and oxygen atoms in total. The van der Waals surface area contributed by atoms with Gasteiger partial charge in [-0.2, -0.15) is 0 Å². The number of benzene rings is 4. The Kier molecular flexibility index (Phi) is 11.7. The number of carbonyl (C=O) groups is 2. The number of nitrogens with one attached hydrogen (secondary N) is 2. The van der Waals surface area contributed by atoms with Crippen molar-refractivity contribution in [3.8, 4) is 5.75 Å². The SMILES string of the molecule is Cc1cc(S(C)(=O)=O)ccc1OC[C@@H]1CNC[C@@H](CCc2ccccc2NC(=O)[C@H](C(c2ccccc2)c2ccccc2)N(C)C(=O)O)O1. The smallest absolute Gasteiger partial charge is 0.407 e. The molecule has 258 valence electrons. The van der Waals surface area contributed by atoms with Gasteiger partial charge in [-0.1, -0.05) is 78.9 Å².